The maximum absolute atomic E-state index is 12.5. The molecule has 36 heavy (non-hydrogen) atoms. The van der Waals surface area contributed by atoms with E-state index < -0.39 is 24.1 Å². The van der Waals surface area contributed by atoms with Gasteiger partial charge in [-0.15, -0.1) is 0 Å². The number of carboxylic acids is 1. The molecule has 0 aliphatic heterocycles. The van der Waals surface area contributed by atoms with E-state index in [2.05, 4.69) is 33.8 Å². The summed E-state index contributed by atoms with van der Waals surface area (Å²) in [4.78, 5) is 12.5. The monoisotopic (exact) mass is 521 g/mol. The van der Waals surface area contributed by atoms with E-state index in [-0.39, 0.29) is 40.1 Å². The van der Waals surface area contributed by atoms with Crippen LogP contribution in [0.5, 0.6) is 0 Å². The summed E-state index contributed by atoms with van der Waals surface area (Å²) in [6, 6.07) is 0. The van der Waals surface area contributed by atoms with Crippen LogP contribution >= 0.6 is 11.9 Å². The average molecular weight is 522 g/mol. The lowest BCUT2D eigenvalue weighted by molar-refractivity contribution is -0.238. The lowest BCUT2D eigenvalue weighted by Gasteiger charge is -2.69. The molecule has 7 heteroatoms. The van der Waals surface area contributed by atoms with Gasteiger partial charge in [-0.05, 0) is 106 Å². The smallest absolute Gasteiger partial charge is 0.306 e. The molecule has 4 fully saturated rings. The average Bonchev–Trinajstić information content (AvgIpc) is 3.06. The van der Waals surface area contributed by atoms with Crippen LogP contribution in [0.25, 0.3) is 0 Å². The molecule has 203 valence electrons. The molecule has 4 saturated carbocycles. The van der Waals surface area contributed by atoms with Crippen LogP contribution in [0.1, 0.15) is 92.9 Å². The third-order valence-corrected chi connectivity index (χ3v) is 12.3. The molecule has 8 unspecified atom stereocenters. The second-order valence-corrected chi connectivity index (χ2v) is 14.0. The van der Waals surface area contributed by atoms with E-state index >= 15 is 0 Å². The number of aliphatic hydroxyl groups is 2. The van der Waals surface area contributed by atoms with E-state index in [0.717, 1.165) is 37.6 Å². The van der Waals surface area contributed by atoms with Gasteiger partial charge in [0.15, 0.2) is 0 Å². The molecule has 0 heterocycles. The first-order valence-corrected chi connectivity index (χ1v) is 14.9. The first kappa shape index (κ1) is 27.1. The van der Waals surface area contributed by atoms with E-state index in [1.807, 2.05) is 13.8 Å². The minimum atomic E-state index is -0.817. The maximum atomic E-state index is 12.5. The molecular weight excluding hydrogens is 471 g/mol. The number of carboxylic acid groups (broad SMARTS) is 1. The molecule has 0 spiro atoms. The zero-order valence-corrected chi connectivity index (χ0v) is 23.9. The summed E-state index contributed by atoms with van der Waals surface area (Å²) in [7, 11) is 1.25. The van der Waals surface area contributed by atoms with Gasteiger partial charge in [-0.2, -0.15) is 0 Å². The molecule has 5 nitrogen and oxygen atoms in total. The van der Waals surface area contributed by atoms with Crippen LogP contribution in [0, 0.1) is 51.8 Å². The Bertz CT molecular complexity index is 884. The normalized spacial score (nSPS) is 49.2. The summed E-state index contributed by atoms with van der Waals surface area (Å²) in [6.45, 7) is 13.4. The fraction of sp³-hybridized carbons (Fsp3) is 0.897. The molecule has 4 rings (SSSR count). The highest BCUT2D eigenvalue weighted by Crippen LogP contribution is 2.74. The van der Waals surface area contributed by atoms with E-state index in [1.54, 1.807) is 0 Å². The van der Waals surface area contributed by atoms with Gasteiger partial charge in [-0.25, -0.2) is 0 Å². The van der Waals surface area contributed by atoms with E-state index in [1.165, 1.54) is 12.7 Å². The molecule has 1 radical (unpaired) electrons. The molecule has 0 aromatic carbocycles. The lowest BCUT2D eigenvalue weighted by atomic mass is 9.36. The molecule has 0 amide bonds. The van der Waals surface area contributed by atoms with Gasteiger partial charge in [-0.3, -0.25) is 4.79 Å². The van der Waals surface area contributed by atoms with Gasteiger partial charge in [0.05, 0.1) is 24.2 Å². The van der Waals surface area contributed by atoms with Gasteiger partial charge in [-0.1, -0.05) is 51.2 Å². The highest BCUT2D eigenvalue weighted by atomic mass is 32.2. The summed E-state index contributed by atoms with van der Waals surface area (Å²) in [5.41, 5.74) is 0.760. The van der Waals surface area contributed by atoms with Gasteiger partial charge >= 0.3 is 5.97 Å². The Hall–Kier alpha value is -0.495. The number of aliphatic hydroxyl groups excluding tert-OH is 2. The molecule has 0 bridgehead atoms. The Morgan fingerprint density at radius 3 is 2.53 bits per heavy atom. The highest BCUT2D eigenvalue weighted by molar-refractivity contribution is 8.15. The minimum Gasteiger partial charge on any atom is -0.481 e. The second-order valence-electron chi connectivity index (χ2n) is 13.7. The maximum Gasteiger partial charge on any atom is 0.306 e. The summed E-state index contributed by atoms with van der Waals surface area (Å²) in [5, 5.41) is 33.6. The predicted octanol–water partition coefficient (Wildman–Crippen LogP) is 5.52. The van der Waals surface area contributed by atoms with Gasteiger partial charge in [0.25, 0.3) is 0 Å². The van der Waals surface area contributed by atoms with Crippen molar-refractivity contribution in [1.29, 1.82) is 1.34 Å². The topological polar surface area (TPSA) is 87.0 Å². The van der Waals surface area contributed by atoms with E-state index in [4.69, 9.17) is 5.52 Å². The molecule has 4 aliphatic rings. The first-order chi connectivity index (χ1) is 17.3. The van der Waals surface area contributed by atoms with Gasteiger partial charge in [0.2, 0.25) is 7.09 Å². The molecular formula is C29H48BO5S. The number of allylic oxidation sites excluding steroid dienone is 2. The minimum absolute atomic E-state index is 0.00668. The summed E-state index contributed by atoms with van der Waals surface area (Å²) < 4.78 is 13.3. The zero-order valence-electron chi connectivity index (χ0n) is 24.1. The van der Waals surface area contributed by atoms with Crippen LogP contribution in [0.2, 0.25) is 0 Å². The number of aliphatic carboxylic acids is 1. The van der Waals surface area contributed by atoms with Crippen molar-refractivity contribution in [1.82, 2.24) is 0 Å². The van der Waals surface area contributed by atoms with Crippen LogP contribution in [0.15, 0.2) is 11.6 Å². The van der Waals surface area contributed by atoms with Crippen molar-refractivity contribution in [3.8, 4) is 0 Å². The summed E-state index contributed by atoms with van der Waals surface area (Å²) >= 11 is 1.12. The Morgan fingerprint density at radius 1 is 1.17 bits per heavy atom. The van der Waals surface area contributed by atoms with Crippen molar-refractivity contribution in [2.75, 3.05) is 0 Å². The predicted molar refractivity (Wildman–Crippen MR) is 147 cm³/mol. The first-order valence-electron chi connectivity index (χ1n) is 14.6. The fourth-order valence-corrected chi connectivity index (χ4v) is 10.7. The van der Waals surface area contributed by atoms with Crippen LogP contribution in [0.4, 0.5) is 0 Å². The Kier molecular flexibility index (Phi) is 7.70. The lowest BCUT2D eigenvalue weighted by Crippen LogP contribution is -2.66. The Morgan fingerprint density at radius 2 is 1.89 bits per heavy atom. The summed E-state index contributed by atoms with van der Waals surface area (Å²) in [5.74, 6) is -0.859. The highest BCUT2D eigenvalue weighted by Gasteiger charge is 2.71. The van der Waals surface area contributed by atoms with Crippen LogP contribution in [0.3, 0.4) is 0 Å². The fourth-order valence-electron chi connectivity index (χ4n) is 10.3. The zero-order chi connectivity index (χ0) is 27.3. The molecule has 12 atom stereocenters. The van der Waals surface area contributed by atoms with Crippen molar-refractivity contribution in [3.05, 3.63) is 11.6 Å². The van der Waals surface area contributed by atoms with Gasteiger partial charge < -0.3 is 19.5 Å². The standard InChI is InChI=1S/C29H48BO5S/c1-16(2)8-7-9-18(26(33)34)24-20-14-21(31)25-27(4)12-11-23(35-36-30)17(3)19(27)10-13-28(25,5)29(20,6)15-22(24)32/h8,17-25,30-32H,7,9-15H2,1-6H3,(H,33,34)/t17?,18?,19?,20?,21?,22-,23+,24?,25?,27-,28?,29-/m0/s1/i30T. The second kappa shape index (κ2) is 10.2. The van der Waals surface area contributed by atoms with Crippen LogP contribution < -0.4 is 0 Å². The van der Waals surface area contributed by atoms with Crippen molar-refractivity contribution >= 4 is 25.0 Å². The summed E-state index contributed by atoms with van der Waals surface area (Å²) in [6.07, 6.45) is 7.40. The third kappa shape index (κ3) is 4.32. The molecule has 4 aliphatic carbocycles. The van der Waals surface area contributed by atoms with Gasteiger partial charge in [0.1, 0.15) is 0 Å². The van der Waals surface area contributed by atoms with Crippen LogP contribution in [-0.2, 0) is 8.98 Å². The Labute approximate surface area is 225 Å². The quantitative estimate of drug-likeness (QED) is 0.222. The van der Waals surface area contributed by atoms with Crippen molar-refractivity contribution in [2.24, 2.45) is 51.8 Å². The number of rotatable bonds is 8. The Balaban J connectivity index is 1.65. The number of hydrogen-bond donors (Lipinski definition) is 3. The number of carbonyl (C=O) groups is 1. The molecule has 0 saturated heterocycles. The van der Waals surface area contributed by atoms with Crippen molar-refractivity contribution in [3.63, 3.8) is 0 Å². The van der Waals surface area contributed by atoms with Crippen LogP contribution in [-0.4, -0.2) is 48.0 Å². The van der Waals surface area contributed by atoms with E-state index in [0.29, 0.717) is 37.5 Å². The molecule has 3 N–H and O–H groups in total. The molecule has 0 aromatic rings. The SMILES string of the molecule is [3H][B]SO[C@@H]1CC[C@@]2(C)C(CCC3(C)C2C(O)CC2C(C(CCC=C(C)C)C(=O)O)[C@@H](O)C[C@@]23C)C1C. The number of fused-ring (bicyclic) bond motifs is 5. The van der Waals surface area contributed by atoms with Crippen molar-refractivity contribution < 1.29 is 24.3 Å². The van der Waals surface area contributed by atoms with Gasteiger partial charge in [0, 0.05) is 5.92 Å². The molecule has 0 aromatic heterocycles. The number of hydrogen-bond acceptors (Lipinski definition) is 5. The third-order valence-electron chi connectivity index (χ3n) is 11.9. The van der Waals surface area contributed by atoms with E-state index in [9.17, 15) is 20.1 Å². The largest absolute Gasteiger partial charge is 0.481 e. The van der Waals surface area contributed by atoms with Crippen molar-refractivity contribution in [2.45, 2.75) is 111 Å².